The minimum absolute atomic E-state index is 0.150. The van der Waals surface area contributed by atoms with Crippen molar-refractivity contribution in [1.82, 2.24) is 0 Å². The fraction of sp³-hybridized carbons (Fsp3) is 0.500. The first-order chi connectivity index (χ1) is 8.38. The van der Waals surface area contributed by atoms with E-state index in [-0.39, 0.29) is 5.54 Å². The number of hydrogen-bond acceptors (Lipinski definition) is 2. The predicted octanol–water partition coefficient (Wildman–Crippen LogP) is 2.06. The van der Waals surface area contributed by atoms with Crippen LogP contribution < -0.4 is 15.5 Å². The van der Waals surface area contributed by atoms with Crippen molar-refractivity contribution in [1.29, 1.82) is 0 Å². The van der Waals surface area contributed by atoms with Gasteiger partial charge in [-0.1, -0.05) is 12.1 Å². The van der Waals surface area contributed by atoms with Crippen LogP contribution in [0, 0.1) is 0 Å². The van der Waals surface area contributed by atoms with Gasteiger partial charge in [-0.3, -0.25) is 0 Å². The van der Waals surface area contributed by atoms with Crippen molar-refractivity contribution in [3.05, 3.63) is 24.3 Å². The van der Waals surface area contributed by atoms with Crippen molar-refractivity contribution in [3.8, 4) is 0 Å². The molecule has 4 heteroatoms. The largest absolute Gasteiger partial charge is 0.371 e. The van der Waals surface area contributed by atoms with Crippen LogP contribution in [0.3, 0.4) is 0 Å². The van der Waals surface area contributed by atoms with Gasteiger partial charge < -0.3 is 15.5 Å². The maximum absolute atomic E-state index is 6.15. The third kappa shape index (κ3) is 2.58. The molecule has 2 N–H and O–H groups in total. The molecule has 1 aromatic rings. The zero-order chi connectivity index (χ0) is 13.3. The standard InChI is InChI=1S/C14H22N4/c1-14(2,3)16-13(15)18-10-9-17(4)11-7-5-6-8-12(11)18/h5-8H,9-10H2,1-4H3,(H2,15,16). The van der Waals surface area contributed by atoms with Gasteiger partial charge in [0.05, 0.1) is 16.9 Å². The van der Waals surface area contributed by atoms with Crippen molar-refractivity contribution in [2.45, 2.75) is 26.3 Å². The smallest absolute Gasteiger partial charge is 0.196 e. The van der Waals surface area contributed by atoms with Crippen LogP contribution in [-0.2, 0) is 0 Å². The van der Waals surface area contributed by atoms with Gasteiger partial charge in [0.15, 0.2) is 5.96 Å². The molecule has 1 heterocycles. The molecule has 0 amide bonds. The van der Waals surface area contributed by atoms with Crippen molar-refractivity contribution in [2.24, 2.45) is 10.7 Å². The summed E-state index contributed by atoms with van der Waals surface area (Å²) in [6, 6.07) is 8.30. The quantitative estimate of drug-likeness (QED) is 0.563. The number of guanidine groups is 1. The van der Waals surface area contributed by atoms with Crippen LogP contribution in [0.2, 0.25) is 0 Å². The number of benzene rings is 1. The van der Waals surface area contributed by atoms with Gasteiger partial charge in [-0.05, 0) is 32.9 Å². The van der Waals surface area contributed by atoms with Crippen molar-refractivity contribution >= 4 is 17.3 Å². The summed E-state index contributed by atoms with van der Waals surface area (Å²) in [5.41, 5.74) is 8.34. The van der Waals surface area contributed by atoms with E-state index >= 15 is 0 Å². The molecule has 0 radical (unpaired) electrons. The van der Waals surface area contributed by atoms with Gasteiger partial charge in [0, 0.05) is 20.1 Å². The number of nitrogens with zero attached hydrogens (tertiary/aromatic N) is 3. The highest BCUT2D eigenvalue weighted by molar-refractivity contribution is 5.99. The van der Waals surface area contributed by atoms with Crippen LogP contribution in [0.15, 0.2) is 29.3 Å². The average Bonchev–Trinajstić information content (AvgIpc) is 2.27. The van der Waals surface area contributed by atoms with Gasteiger partial charge in [-0.25, -0.2) is 4.99 Å². The van der Waals surface area contributed by atoms with E-state index in [0.717, 1.165) is 18.8 Å². The summed E-state index contributed by atoms with van der Waals surface area (Å²) in [7, 11) is 2.10. The summed E-state index contributed by atoms with van der Waals surface area (Å²) in [5.74, 6) is 0.600. The van der Waals surface area contributed by atoms with Crippen LogP contribution in [0.25, 0.3) is 0 Å². The molecule has 0 fully saturated rings. The molecule has 1 aliphatic heterocycles. The van der Waals surface area contributed by atoms with Gasteiger partial charge in [-0.2, -0.15) is 0 Å². The van der Waals surface area contributed by atoms with E-state index in [1.807, 2.05) is 6.07 Å². The van der Waals surface area contributed by atoms with Crippen LogP contribution in [0.4, 0.5) is 11.4 Å². The fourth-order valence-corrected chi connectivity index (χ4v) is 2.15. The summed E-state index contributed by atoms with van der Waals surface area (Å²) in [6.45, 7) is 8.00. The van der Waals surface area contributed by atoms with E-state index in [2.05, 4.69) is 60.8 Å². The SMILES string of the molecule is CN1CCN(C(N)=NC(C)(C)C)c2ccccc21. The summed E-state index contributed by atoms with van der Waals surface area (Å²) < 4.78 is 0. The molecule has 0 aromatic heterocycles. The lowest BCUT2D eigenvalue weighted by atomic mass is 10.1. The van der Waals surface area contributed by atoms with Crippen LogP contribution >= 0.6 is 0 Å². The first-order valence-electron chi connectivity index (χ1n) is 6.31. The van der Waals surface area contributed by atoms with Gasteiger partial charge in [-0.15, -0.1) is 0 Å². The number of anilines is 2. The molecule has 1 aliphatic rings. The Morgan fingerprint density at radius 1 is 1.17 bits per heavy atom. The maximum Gasteiger partial charge on any atom is 0.196 e. The zero-order valence-corrected chi connectivity index (χ0v) is 11.6. The third-order valence-corrected chi connectivity index (χ3v) is 2.97. The second-order valence-electron chi connectivity index (χ2n) is 5.70. The lowest BCUT2D eigenvalue weighted by Gasteiger charge is -2.36. The van der Waals surface area contributed by atoms with E-state index in [1.54, 1.807) is 0 Å². The molecule has 0 saturated heterocycles. The fourth-order valence-electron chi connectivity index (χ4n) is 2.15. The number of hydrogen-bond donors (Lipinski definition) is 1. The van der Waals surface area contributed by atoms with Crippen molar-refractivity contribution in [2.75, 3.05) is 29.9 Å². The third-order valence-electron chi connectivity index (χ3n) is 2.97. The Hall–Kier alpha value is -1.71. The normalized spacial score (nSPS) is 16.8. The molecule has 98 valence electrons. The second-order valence-corrected chi connectivity index (χ2v) is 5.70. The molecule has 0 saturated carbocycles. The molecule has 0 bridgehead atoms. The van der Waals surface area contributed by atoms with E-state index in [0.29, 0.717) is 5.96 Å². The topological polar surface area (TPSA) is 44.9 Å². The molecule has 1 aromatic carbocycles. The number of nitrogens with two attached hydrogens (primary N) is 1. The maximum atomic E-state index is 6.15. The molecule has 0 spiro atoms. The highest BCUT2D eigenvalue weighted by Crippen LogP contribution is 2.31. The van der Waals surface area contributed by atoms with Crippen molar-refractivity contribution in [3.63, 3.8) is 0 Å². The molecule has 0 unspecified atom stereocenters. The van der Waals surface area contributed by atoms with Crippen LogP contribution in [-0.4, -0.2) is 31.6 Å². The molecule has 2 rings (SSSR count). The highest BCUT2D eigenvalue weighted by Gasteiger charge is 2.23. The van der Waals surface area contributed by atoms with E-state index in [1.165, 1.54) is 5.69 Å². The molecular weight excluding hydrogens is 224 g/mol. The Kier molecular flexibility index (Phi) is 3.20. The zero-order valence-electron chi connectivity index (χ0n) is 11.6. The summed E-state index contributed by atoms with van der Waals surface area (Å²) in [6.07, 6.45) is 0. The second kappa shape index (κ2) is 4.52. The van der Waals surface area contributed by atoms with Crippen molar-refractivity contribution < 1.29 is 0 Å². The summed E-state index contributed by atoms with van der Waals surface area (Å²) in [4.78, 5) is 8.90. The Balaban J connectivity index is 2.38. The monoisotopic (exact) mass is 246 g/mol. The molecule has 0 aliphatic carbocycles. The number of rotatable bonds is 0. The average molecular weight is 246 g/mol. The first kappa shape index (κ1) is 12.7. The van der Waals surface area contributed by atoms with Gasteiger partial charge in [0.2, 0.25) is 0 Å². The first-order valence-corrected chi connectivity index (χ1v) is 6.31. The van der Waals surface area contributed by atoms with Crippen LogP contribution in [0.5, 0.6) is 0 Å². The number of para-hydroxylation sites is 2. The minimum atomic E-state index is -0.150. The lowest BCUT2D eigenvalue weighted by molar-refractivity contribution is 0.580. The molecule has 18 heavy (non-hydrogen) atoms. The lowest BCUT2D eigenvalue weighted by Crippen LogP contribution is -2.47. The molecule has 0 atom stereocenters. The number of fused-ring (bicyclic) bond motifs is 1. The Bertz CT molecular complexity index is 459. The highest BCUT2D eigenvalue weighted by atomic mass is 15.3. The number of aliphatic imine (C=N–C) groups is 1. The Morgan fingerprint density at radius 3 is 2.39 bits per heavy atom. The van der Waals surface area contributed by atoms with E-state index in [4.69, 9.17) is 5.73 Å². The van der Waals surface area contributed by atoms with Gasteiger partial charge >= 0.3 is 0 Å². The molecule has 4 nitrogen and oxygen atoms in total. The number of likely N-dealkylation sites (N-methyl/N-ethyl adjacent to an activating group) is 1. The van der Waals surface area contributed by atoms with E-state index < -0.39 is 0 Å². The van der Waals surface area contributed by atoms with Gasteiger partial charge in [0.1, 0.15) is 0 Å². The Morgan fingerprint density at radius 2 is 1.78 bits per heavy atom. The minimum Gasteiger partial charge on any atom is -0.371 e. The summed E-state index contributed by atoms with van der Waals surface area (Å²) >= 11 is 0. The molecular formula is C14H22N4. The summed E-state index contributed by atoms with van der Waals surface area (Å²) in [5, 5.41) is 0. The Labute approximate surface area is 109 Å². The van der Waals surface area contributed by atoms with E-state index in [9.17, 15) is 0 Å². The van der Waals surface area contributed by atoms with Crippen LogP contribution in [0.1, 0.15) is 20.8 Å². The van der Waals surface area contributed by atoms with Gasteiger partial charge in [0.25, 0.3) is 0 Å². The predicted molar refractivity (Wildman–Crippen MR) is 78.4 cm³/mol.